The van der Waals surface area contributed by atoms with Gasteiger partial charge in [-0.15, -0.1) is 0 Å². The first kappa shape index (κ1) is 16.0. The zero-order valence-electron chi connectivity index (χ0n) is 12.7. The topological polar surface area (TPSA) is 55.1 Å². The van der Waals surface area contributed by atoms with E-state index in [9.17, 15) is 9.18 Å². The van der Waals surface area contributed by atoms with E-state index >= 15 is 0 Å². The molecular weight excluding hydrogens is 267 g/mol. The van der Waals surface area contributed by atoms with Crippen molar-refractivity contribution in [3.63, 3.8) is 0 Å². The second-order valence-corrected chi connectivity index (χ2v) is 5.96. The number of benzene rings is 1. The molecule has 4 heteroatoms. The van der Waals surface area contributed by atoms with E-state index in [1.165, 1.54) is 37.8 Å². The Hall–Kier alpha value is -1.42. The maximum Gasteiger partial charge on any atom is 0.242 e. The van der Waals surface area contributed by atoms with Crippen LogP contribution in [0.5, 0.6) is 0 Å². The predicted molar refractivity (Wildman–Crippen MR) is 82.2 cm³/mol. The van der Waals surface area contributed by atoms with Crippen LogP contribution in [-0.2, 0) is 10.3 Å². The fourth-order valence-electron chi connectivity index (χ4n) is 3.28. The van der Waals surface area contributed by atoms with Crippen molar-refractivity contribution in [3.8, 4) is 0 Å². The summed E-state index contributed by atoms with van der Waals surface area (Å²) in [7, 11) is 0. The van der Waals surface area contributed by atoms with Gasteiger partial charge in [-0.25, -0.2) is 4.39 Å². The van der Waals surface area contributed by atoms with Crippen molar-refractivity contribution < 1.29 is 9.18 Å². The van der Waals surface area contributed by atoms with Gasteiger partial charge in [0.05, 0.1) is 0 Å². The van der Waals surface area contributed by atoms with Gasteiger partial charge in [0.1, 0.15) is 11.4 Å². The fourth-order valence-corrected chi connectivity index (χ4v) is 3.28. The molecule has 0 aliphatic heterocycles. The van der Waals surface area contributed by atoms with E-state index in [0.717, 1.165) is 18.4 Å². The zero-order chi connectivity index (χ0) is 15.3. The Morgan fingerprint density at radius 3 is 2.29 bits per heavy atom. The molecule has 0 aromatic heterocycles. The van der Waals surface area contributed by atoms with E-state index in [1.54, 1.807) is 12.1 Å². The Labute approximate surface area is 126 Å². The molecule has 116 valence electrons. The van der Waals surface area contributed by atoms with E-state index in [0.29, 0.717) is 12.5 Å². The summed E-state index contributed by atoms with van der Waals surface area (Å²) in [5, 5.41) is 3.50. The summed E-state index contributed by atoms with van der Waals surface area (Å²) in [6.45, 7) is 1.94. The van der Waals surface area contributed by atoms with Crippen LogP contribution in [0.3, 0.4) is 0 Å². The smallest absolute Gasteiger partial charge is 0.242 e. The van der Waals surface area contributed by atoms with Crippen LogP contribution in [0.2, 0.25) is 0 Å². The summed E-state index contributed by atoms with van der Waals surface area (Å²) >= 11 is 0. The van der Waals surface area contributed by atoms with Crippen LogP contribution in [0.15, 0.2) is 24.3 Å². The Morgan fingerprint density at radius 1 is 1.24 bits per heavy atom. The molecule has 0 heterocycles. The second kappa shape index (κ2) is 7.03. The highest BCUT2D eigenvalue weighted by atomic mass is 19.1. The molecular formula is C17H25FN2O. The van der Waals surface area contributed by atoms with Crippen LogP contribution in [0.4, 0.5) is 4.39 Å². The lowest BCUT2D eigenvalue weighted by Gasteiger charge is -2.35. The summed E-state index contributed by atoms with van der Waals surface area (Å²) in [5.74, 6) is -0.691. The zero-order valence-corrected chi connectivity index (χ0v) is 12.7. The highest BCUT2D eigenvalue weighted by molar-refractivity contribution is 5.86. The van der Waals surface area contributed by atoms with Crippen molar-refractivity contribution in [2.24, 2.45) is 5.73 Å². The summed E-state index contributed by atoms with van der Waals surface area (Å²) in [5.41, 5.74) is 5.57. The van der Waals surface area contributed by atoms with Crippen molar-refractivity contribution in [1.29, 1.82) is 0 Å². The summed E-state index contributed by atoms with van der Waals surface area (Å²) in [6, 6.07) is 6.39. The molecule has 0 radical (unpaired) electrons. The molecule has 0 spiro atoms. The van der Waals surface area contributed by atoms with Crippen LogP contribution >= 0.6 is 0 Å². The monoisotopic (exact) mass is 292 g/mol. The van der Waals surface area contributed by atoms with Crippen LogP contribution in [-0.4, -0.2) is 11.9 Å². The number of hydrogen-bond acceptors (Lipinski definition) is 2. The number of primary amides is 1. The first-order valence-corrected chi connectivity index (χ1v) is 7.92. The molecule has 2 rings (SSSR count). The first-order chi connectivity index (χ1) is 10.1. The van der Waals surface area contributed by atoms with Gasteiger partial charge in [0.15, 0.2) is 0 Å². The van der Waals surface area contributed by atoms with E-state index in [-0.39, 0.29) is 11.7 Å². The third kappa shape index (κ3) is 3.62. The molecule has 3 nitrogen and oxygen atoms in total. The van der Waals surface area contributed by atoms with Gasteiger partial charge >= 0.3 is 0 Å². The van der Waals surface area contributed by atoms with Crippen molar-refractivity contribution in [3.05, 3.63) is 35.6 Å². The largest absolute Gasteiger partial charge is 0.368 e. The van der Waals surface area contributed by atoms with E-state index < -0.39 is 5.54 Å². The number of hydrogen-bond donors (Lipinski definition) is 2. The molecule has 1 fully saturated rings. The highest BCUT2D eigenvalue weighted by Gasteiger charge is 2.38. The minimum absolute atomic E-state index is 0.296. The minimum atomic E-state index is -0.900. The maximum atomic E-state index is 13.2. The van der Waals surface area contributed by atoms with Crippen molar-refractivity contribution >= 4 is 5.91 Å². The van der Waals surface area contributed by atoms with Gasteiger partial charge in [-0.3, -0.25) is 10.1 Å². The molecule has 1 atom stereocenters. The van der Waals surface area contributed by atoms with Gasteiger partial charge in [-0.1, -0.05) is 44.7 Å². The van der Waals surface area contributed by atoms with Crippen LogP contribution in [0, 0.1) is 5.82 Å². The summed E-state index contributed by atoms with van der Waals surface area (Å²) in [4.78, 5) is 12.2. The molecule has 1 aromatic rings. The van der Waals surface area contributed by atoms with Crippen LogP contribution in [0.25, 0.3) is 0 Å². The van der Waals surface area contributed by atoms with Crippen LogP contribution in [0.1, 0.15) is 57.4 Å². The third-order valence-corrected chi connectivity index (χ3v) is 4.59. The lowest BCUT2D eigenvalue weighted by molar-refractivity contribution is -0.125. The number of rotatable bonds is 5. The number of carbonyl (C=O) groups excluding carboxylic acids is 1. The average molecular weight is 292 g/mol. The predicted octanol–water partition coefficient (Wildman–Crippen LogP) is 3.23. The molecule has 1 amide bonds. The molecule has 0 saturated heterocycles. The minimum Gasteiger partial charge on any atom is -0.368 e. The molecule has 1 aliphatic carbocycles. The van der Waals surface area contributed by atoms with Crippen molar-refractivity contribution in [2.75, 3.05) is 0 Å². The van der Waals surface area contributed by atoms with E-state index in [4.69, 9.17) is 5.73 Å². The van der Waals surface area contributed by atoms with Gasteiger partial charge < -0.3 is 5.73 Å². The Balaban J connectivity index is 2.27. The Kier molecular flexibility index (Phi) is 5.34. The molecule has 1 saturated carbocycles. The molecule has 0 bridgehead atoms. The van der Waals surface area contributed by atoms with Crippen molar-refractivity contribution in [2.45, 2.75) is 63.5 Å². The van der Waals surface area contributed by atoms with E-state index in [2.05, 4.69) is 5.32 Å². The molecule has 1 aromatic carbocycles. The number of halogens is 1. The third-order valence-electron chi connectivity index (χ3n) is 4.59. The number of amides is 1. The van der Waals surface area contributed by atoms with Crippen molar-refractivity contribution in [1.82, 2.24) is 5.32 Å². The maximum absolute atomic E-state index is 13.2. The van der Waals surface area contributed by atoms with Gasteiger partial charge in [-0.2, -0.15) is 0 Å². The number of nitrogens with two attached hydrogens (primary N) is 1. The number of carbonyl (C=O) groups is 1. The Bertz CT molecular complexity index is 466. The standard InChI is InChI=1S/C17H25FN2O/c1-2-17(16(19)21,13-9-11-14(18)12-10-13)20-15-7-5-3-4-6-8-15/h9-12,15,20H,2-8H2,1H3,(H2,19,21). The lowest BCUT2D eigenvalue weighted by Crippen LogP contribution is -2.55. The fraction of sp³-hybridized carbons (Fsp3) is 0.588. The normalized spacial score (nSPS) is 19.7. The van der Waals surface area contributed by atoms with E-state index in [1.807, 2.05) is 6.92 Å². The second-order valence-electron chi connectivity index (χ2n) is 5.96. The van der Waals surface area contributed by atoms with Gasteiger partial charge in [0.2, 0.25) is 5.91 Å². The summed E-state index contributed by atoms with van der Waals surface area (Å²) in [6.07, 6.45) is 7.56. The molecule has 1 unspecified atom stereocenters. The Morgan fingerprint density at radius 2 is 1.81 bits per heavy atom. The quantitative estimate of drug-likeness (QED) is 0.819. The SMILES string of the molecule is CCC(NC1CCCCCC1)(C(N)=O)c1ccc(F)cc1. The van der Waals surface area contributed by atoms with Gasteiger partial charge in [0.25, 0.3) is 0 Å². The first-order valence-electron chi connectivity index (χ1n) is 7.92. The molecule has 3 N–H and O–H groups in total. The average Bonchev–Trinajstić information content (AvgIpc) is 2.74. The summed E-state index contributed by atoms with van der Waals surface area (Å²) < 4.78 is 13.2. The van der Waals surface area contributed by atoms with Crippen LogP contribution < -0.4 is 11.1 Å². The molecule has 21 heavy (non-hydrogen) atoms. The molecule has 1 aliphatic rings. The lowest BCUT2D eigenvalue weighted by atomic mass is 9.85. The highest BCUT2D eigenvalue weighted by Crippen LogP contribution is 2.29. The number of nitrogens with one attached hydrogen (secondary N) is 1. The van der Waals surface area contributed by atoms with Gasteiger partial charge in [0, 0.05) is 6.04 Å². The van der Waals surface area contributed by atoms with Gasteiger partial charge in [-0.05, 0) is 37.0 Å².